The number of aliphatic hydroxyl groups is 1. The Bertz CT molecular complexity index is 448. The summed E-state index contributed by atoms with van der Waals surface area (Å²) in [4.78, 5) is 0. The fourth-order valence-electron chi connectivity index (χ4n) is 2.82. The van der Waals surface area contributed by atoms with Gasteiger partial charge in [0.2, 0.25) is 0 Å². The first-order chi connectivity index (χ1) is 9.55. The second-order valence-electron chi connectivity index (χ2n) is 5.82. The second kappa shape index (κ2) is 6.83. The number of rotatable bonds is 6. The molecule has 0 heterocycles. The van der Waals surface area contributed by atoms with E-state index in [2.05, 4.69) is 17.4 Å². The van der Waals surface area contributed by atoms with Crippen LogP contribution in [0.4, 0.5) is 0 Å². The molecular formula is C16H25NO2S. The molecule has 2 rings (SSSR count). The highest BCUT2D eigenvalue weighted by Crippen LogP contribution is 2.32. The van der Waals surface area contributed by atoms with E-state index in [4.69, 9.17) is 4.74 Å². The quantitative estimate of drug-likeness (QED) is 0.847. The van der Waals surface area contributed by atoms with Crippen molar-refractivity contribution in [2.24, 2.45) is 0 Å². The maximum absolute atomic E-state index is 10.3. The molecule has 112 valence electrons. The third-order valence-corrected chi connectivity index (χ3v) is 4.76. The van der Waals surface area contributed by atoms with Gasteiger partial charge in [0.15, 0.2) is 0 Å². The van der Waals surface area contributed by atoms with E-state index in [1.165, 1.54) is 17.5 Å². The molecule has 1 aromatic rings. The summed E-state index contributed by atoms with van der Waals surface area (Å²) < 4.78 is 5.33. The molecule has 0 fully saturated rings. The average molecular weight is 295 g/mol. The molecule has 2 unspecified atom stereocenters. The molecule has 0 radical (unpaired) electrons. The molecule has 0 aromatic heterocycles. The average Bonchev–Trinajstić information content (AvgIpc) is 2.44. The first-order valence-corrected chi connectivity index (χ1v) is 8.56. The SMILES string of the molecule is COc1ccc2c(c1)C(NCC(C)(O)CSC)CCC2. The third-order valence-electron chi connectivity index (χ3n) is 3.85. The van der Waals surface area contributed by atoms with Crippen molar-refractivity contribution < 1.29 is 9.84 Å². The second-order valence-corrected chi connectivity index (χ2v) is 6.69. The maximum Gasteiger partial charge on any atom is 0.119 e. The number of benzene rings is 1. The van der Waals surface area contributed by atoms with Gasteiger partial charge in [-0.15, -0.1) is 0 Å². The van der Waals surface area contributed by atoms with Crippen LogP contribution in [0.3, 0.4) is 0 Å². The summed E-state index contributed by atoms with van der Waals surface area (Å²) >= 11 is 1.68. The zero-order valence-electron chi connectivity index (χ0n) is 12.6. The lowest BCUT2D eigenvalue weighted by atomic mass is 9.87. The van der Waals surface area contributed by atoms with Crippen molar-refractivity contribution >= 4 is 11.8 Å². The molecule has 0 saturated heterocycles. The largest absolute Gasteiger partial charge is 0.497 e. The van der Waals surface area contributed by atoms with Gasteiger partial charge in [0.25, 0.3) is 0 Å². The van der Waals surface area contributed by atoms with Gasteiger partial charge < -0.3 is 15.2 Å². The van der Waals surface area contributed by atoms with Gasteiger partial charge in [-0.25, -0.2) is 0 Å². The predicted octanol–water partition coefficient (Wildman–Crippen LogP) is 2.78. The minimum Gasteiger partial charge on any atom is -0.497 e. The van der Waals surface area contributed by atoms with Crippen LogP contribution in [0.25, 0.3) is 0 Å². The summed E-state index contributed by atoms with van der Waals surface area (Å²) in [7, 11) is 1.70. The van der Waals surface area contributed by atoms with Gasteiger partial charge in [0.05, 0.1) is 12.7 Å². The van der Waals surface area contributed by atoms with E-state index >= 15 is 0 Å². The van der Waals surface area contributed by atoms with Crippen LogP contribution in [-0.2, 0) is 6.42 Å². The van der Waals surface area contributed by atoms with E-state index in [-0.39, 0.29) is 0 Å². The molecule has 1 aliphatic carbocycles. The summed E-state index contributed by atoms with van der Waals surface area (Å²) in [5.74, 6) is 1.66. The first kappa shape index (κ1) is 15.7. The topological polar surface area (TPSA) is 41.5 Å². The molecule has 0 aliphatic heterocycles. The summed E-state index contributed by atoms with van der Waals surface area (Å²) in [6.07, 6.45) is 5.48. The van der Waals surface area contributed by atoms with Crippen LogP contribution in [0.15, 0.2) is 18.2 Å². The lowest BCUT2D eigenvalue weighted by Gasteiger charge is -2.30. The van der Waals surface area contributed by atoms with Crippen LogP contribution in [0.2, 0.25) is 0 Å². The van der Waals surface area contributed by atoms with E-state index in [0.717, 1.165) is 24.3 Å². The first-order valence-electron chi connectivity index (χ1n) is 7.17. The van der Waals surface area contributed by atoms with Crippen molar-refractivity contribution in [1.29, 1.82) is 0 Å². The van der Waals surface area contributed by atoms with Gasteiger partial charge in [-0.2, -0.15) is 11.8 Å². The molecule has 1 aromatic carbocycles. The highest BCUT2D eigenvalue weighted by molar-refractivity contribution is 7.98. The highest BCUT2D eigenvalue weighted by atomic mass is 32.2. The van der Waals surface area contributed by atoms with Crippen LogP contribution < -0.4 is 10.1 Å². The summed E-state index contributed by atoms with van der Waals surface area (Å²) in [5, 5.41) is 13.8. The molecule has 1 aliphatic rings. The lowest BCUT2D eigenvalue weighted by molar-refractivity contribution is 0.0806. The van der Waals surface area contributed by atoms with Crippen molar-refractivity contribution in [2.75, 3.05) is 25.7 Å². The Kier molecular flexibility index (Phi) is 5.35. The van der Waals surface area contributed by atoms with Gasteiger partial charge in [-0.05, 0) is 55.7 Å². The minimum absolute atomic E-state index is 0.321. The summed E-state index contributed by atoms with van der Waals surface area (Å²) in [5.41, 5.74) is 2.07. The molecule has 20 heavy (non-hydrogen) atoms. The molecule has 0 bridgehead atoms. The number of ether oxygens (including phenoxy) is 1. The minimum atomic E-state index is -0.657. The number of thioether (sulfide) groups is 1. The van der Waals surface area contributed by atoms with Crippen LogP contribution in [0, 0.1) is 0 Å². The Hall–Kier alpha value is -0.710. The van der Waals surface area contributed by atoms with E-state index in [1.807, 2.05) is 19.2 Å². The standard InChI is InChI=1S/C16H25NO2S/c1-16(18,11-20-3)10-17-15-6-4-5-12-7-8-13(19-2)9-14(12)15/h7-9,15,17-18H,4-6,10-11H2,1-3H3. The molecule has 3 nitrogen and oxygen atoms in total. The van der Waals surface area contributed by atoms with Crippen LogP contribution in [-0.4, -0.2) is 36.4 Å². The fraction of sp³-hybridized carbons (Fsp3) is 0.625. The third kappa shape index (κ3) is 3.90. The number of hydrogen-bond acceptors (Lipinski definition) is 4. The van der Waals surface area contributed by atoms with Gasteiger partial charge in [0.1, 0.15) is 5.75 Å². The van der Waals surface area contributed by atoms with Crippen molar-refractivity contribution in [3.05, 3.63) is 29.3 Å². The van der Waals surface area contributed by atoms with Crippen molar-refractivity contribution in [3.63, 3.8) is 0 Å². The number of nitrogens with one attached hydrogen (secondary N) is 1. The number of aryl methyl sites for hydroxylation is 1. The Morgan fingerprint density at radius 2 is 2.30 bits per heavy atom. The fourth-order valence-corrected chi connectivity index (χ4v) is 3.55. The van der Waals surface area contributed by atoms with Crippen LogP contribution >= 0.6 is 11.8 Å². The molecule has 2 N–H and O–H groups in total. The molecule has 0 saturated carbocycles. The summed E-state index contributed by atoms with van der Waals surface area (Å²) in [6.45, 7) is 2.51. The van der Waals surface area contributed by atoms with Crippen molar-refractivity contribution in [3.8, 4) is 5.75 Å². The van der Waals surface area contributed by atoms with Gasteiger partial charge >= 0.3 is 0 Å². The predicted molar refractivity (Wildman–Crippen MR) is 85.7 cm³/mol. The Labute approximate surface area is 126 Å². The van der Waals surface area contributed by atoms with E-state index in [1.54, 1.807) is 18.9 Å². The van der Waals surface area contributed by atoms with E-state index in [0.29, 0.717) is 12.6 Å². The van der Waals surface area contributed by atoms with Gasteiger partial charge in [-0.3, -0.25) is 0 Å². The van der Waals surface area contributed by atoms with E-state index < -0.39 is 5.60 Å². The van der Waals surface area contributed by atoms with E-state index in [9.17, 15) is 5.11 Å². The Morgan fingerprint density at radius 1 is 1.50 bits per heavy atom. The van der Waals surface area contributed by atoms with Crippen molar-refractivity contribution in [2.45, 2.75) is 37.8 Å². The zero-order chi connectivity index (χ0) is 14.6. The molecular weight excluding hydrogens is 270 g/mol. The smallest absolute Gasteiger partial charge is 0.119 e. The zero-order valence-corrected chi connectivity index (χ0v) is 13.4. The maximum atomic E-state index is 10.3. The highest BCUT2D eigenvalue weighted by Gasteiger charge is 2.25. The number of fused-ring (bicyclic) bond motifs is 1. The van der Waals surface area contributed by atoms with Crippen LogP contribution in [0.1, 0.15) is 36.9 Å². The number of hydrogen-bond donors (Lipinski definition) is 2. The molecule has 4 heteroatoms. The summed E-state index contributed by atoms with van der Waals surface area (Å²) in [6, 6.07) is 6.66. The Morgan fingerprint density at radius 3 is 3.00 bits per heavy atom. The molecule has 0 spiro atoms. The molecule has 2 atom stereocenters. The van der Waals surface area contributed by atoms with Crippen LogP contribution in [0.5, 0.6) is 5.75 Å². The van der Waals surface area contributed by atoms with Gasteiger partial charge in [0, 0.05) is 18.3 Å². The van der Waals surface area contributed by atoms with Gasteiger partial charge in [-0.1, -0.05) is 6.07 Å². The normalized spacial score (nSPS) is 21.1. The van der Waals surface area contributed by atoms with Crippen molar-refractivity contribution in [1.82, 2.24) is 5.32 Å². The lowest BCUT2D eigenvalue weighted by Crippen LogP contribution is -2.42. The number of methoxy groups -OCH3 is 1. The Balaban J connectivity index is 2.08. The molecule has 0 amide bonds. The monoisotopic (exact) mass is 295 g/mol.